The Kier molecular flexibility index (Phi) is 2.84. The fraction of sp³-hybridized carbons (Fsp3) is 0.500. The zero-order chi connectivity index (χ0) is 11.7. The molecule has 2 heterocycles. The molecule has 17 heavy (non-hydrogen) atoms. The van der Waals surface area contributed by atoms with Gasteiger partial charge in [-0.3, -0.25) is 0 Å². The lowest BCUT2D eigenvalue weighted by Crippen LogP contribution is -2.33. The summed E-state index contributed by atoms with van der Waals surface area (Å²) < 4.78 is 5.92. The van der Waals surface area contributed by atoms with E-state index in [9.17, 15) is 0 Å². The first-order valence-electron chi connectivity index (χ1n) is 6.26. The van der Waals surface area contributed by atoms with Gasteiger partial charge >= 0.3 is 0 Å². The van der Waals surface area contributed by atoms with E-state index in [0.29, 0.717) is 6.04 Å². The number of nitrogens with zero attached hydrogens (tertiary/aromatic N) is 1. The maximum absolute atomic E-state index is 8.92. The van der Waals surface area contributed by atoms with Crippen molar-refractivity contribution in [2.75, 3.05) is 13.2 Å². The van der Waals surface area contributed by atoms with Crippen molar-refractivity contribution < 1.29 is 4.74 Å². The molecule has 0 aliphatic carbocycles. The zero-order valence-electron chi connectivity index (χ0n) is 9.78. The van der Waals surface area contributed by atoms with Crippen molar-refractivity contribution in [2.24, 2.45) is 0 Å². The first-order valence-corrected chi connectivity index (χ1v) is 6.26. The summed E-state index contributed by atoms with van der Waals surface area (Å²) in [6, 6.07) is 8.63. The van der Waals surface area contributed by atoms with Gasteiger partial charge in [0.05, 0.1) is 24.3 Å². The quantitative estimate of drug-likeness (QED) is 0.798. The summed E-state index contributed by atoms with van der Waals surface area (Å²) in [5, 5.41) is 12.4. The van der Waals surface area contributed by atoms with E-state index in [1.54, 1.807) is 0 Å². The van der Waals surface area contributed by atoms with Gasteiger partial charge in [-0.1, -0.05) is 6.07 Å². The Morgan fingerprint density at radius 3 is 3.12 bits per heavy atom. The smallest absolute Gasteiger partial charge is 0.0991 e. The molecule has 2 aliphatic rings. The summed E-state index contributed by atoms with van der Waals surface area (Å²) in [7, 11) is 0. The van der Waals surface area contributed by atoms with E-state index < -0.39 is 0 Å². The standard InChI is InChI=1S/C14H16N2O/c15-9-10-3-4-12-11(8-10)5-7-17-14(12)13-2-1-6-16-13/h3-4,8,13-14,16H,1-2,5-7H2/t13-,14-/m0/s1. The number of hydrogen-bond donors (Lipinski definition) is 1. The molecule has 1 saturated heterocycles. The van der Waals surface area contributed by atoms with Gasteiger partial charge in [-0.15, -0.1) is 0 Å². The van der Waals surface area contributed by atoms with Gasteiger partial charge in [0.15, 0.2) is 0 Å². The van der Waals surface area contributed by atoms with Crippen LogP contribution >= 0.6 is 0 Å². The molecule has 0 aromatic heterocycles. The van der Waals surface area contributed by atoms with Gasteiger partial charge in [0, 0.05) is 6.04 Å². The third kappa shape index (κ3) is 1.95. The average molecular weight is 228 g/mol. The first kappa shape index (κ1) is 10.8. The highest BCUT2D eigenvalue weighted by atomic mass is 16.5. The lowest BCUT2D eigenvalue weighted by molar-refractivity contribution is 0.0199. The molecule has 0 saturated carbocycles. The van der Waals surface area contributed by atoms with Crippen molar-refractivity contribution in [3.63, 3.8) is 0 Å². The van der Waals surface area contributed by atoms with Gasteiger partial charge in [0.25, 0.3) is 0 Å². The SMILES string of the molecule is N#Cc1ccc2c(c1)CCO[C@@H]2[C@@H]1CCCN1. The van der Waals surface area contributed by atoms with Crippen LogP contribution in [-0.2, 0) is 11.2 Å². The molecule has 2 aliphatic heterocycles. The lowest BCUT2D eigenvalue weighted by Gasteiger charge is -2.30. The number of nitriles is 1. The fourth-order valence-corrected chi connectivity index (χ4v) is 2.86. The molecule has 2 atom stereocenters. The third-order valence-corrected chi connectivity index (χ3v) is 3.71. The minimum absolute atomic E-state index is 0.175. The maximum Gasteiger partial charge on any atom is 0.0991 e. The predicted molar refractivity (Wildman–Crippen MR) is 64.6 cm³/mol. The van der Waals surface area contributed by atoms with Crippen molar-refractivity contribution in [2.45, 2.75) is 31.4 Å². The van der Waals surface area contributed by atoms with Crippen LogP contribution in [0.1, 0.15) is 35.6 Å². The molecule has 3 heteroatoms. The van der Waals surface area contributed by atoms with Crippen LogP contribution in [-0.4, -0.2) is 19.2 Å². The average Bonchev–Trinajstić information content (AvgIpc) is 2.91. The van der Waals surface area contributed by atoms with Gasteiger partial charge < -0.3 is 10.1 Å². The van der Waals surface area contributed by atoms with Crippen LogP contribution < -0.4 is 5.32 Å². The number of nitrogens with one attached hydrogen (secondary N) is 1. The van der Waals surface area contributed by atoms with E-state index in [1.165, 1.54) is 24.0 Å². The van der Waals surface area contributed by atoms with E-state index in [1.807, 2.05) is 12.1 Å². The van der Waals surface area contributed by atoms with E-state index in [2.05, 4.69) is 17.5 Å². The molecule has 3 rings (SSSR count). The molecule has 0 bridgehead atoms. The molecule has 1 aromatic carbocycles. The summed E-state index contributed by atoms with van der Waals surface area (Å²) in [5.41, 5.74) is 3.31. The molecule has 1 fully saturated rings. The van der Waals surface area contributed by atoms with Crippen LogP contribution in [0, 0.1) is 11.3 Å². The second kappa shape index (κ2) is 4.48. The largest absolute Gasteiger partial charge is 0.372 e. The van der Waals surface area contributed by atoms with E-state index in [0.717, 1.165) is 25.1 Å². The van der Waals surface area contributed by atoms with Crippen molar-refractivity contribution in [3.05, 3.63) is 34.9 Å². The second-order valence-electron chi connectivity index (χ2n) is 4.77. The Morgan fingerprint density at radius 1 is 1.41 bits per heavy atom. The van der Waals surface area contributed by atoms with Crippen LogP contribution in [0.3, 0.4) is 0 Å². The van der Waals surface area contributed by atoms with E-state index in [4.69, 9.17) is 10.00 Å². The minimum Gasteiger partial charge on any atom is -0.372 e. The maximum atomic E-state index is 8.92. The van der Waals surface area contributed by atoms with E-state index >= 15 is 0 Å². The van der Waals surface area contributed by atoms with Crippen LogP contribution in [0.4, 0.5) is 0 Å². The summed E-state index contributed by atoms with van der Waals surface area (Å²) in [6.45, 7) is 1.86. The Morgan fingerprint density at radius 2 is 2.35 bits per heavy atom. The number of fused-ring (bicyclic) bond motifs is 1. The molecule has 88 valence electrons. The molecular weight excluding hydrogens is 212 g/mol. The fourth-order valence-electron chi connectivity index (χ4n) is 2.86. The van der Waals surface area contributed by atoms with Gasteiger partial charge in [0.1, 0.15) is 0 Å². The van der Waals surface area contributed by atoms with Gasteiger partial charge in [0.2, 0.25) is 0 Å². The number of benzene rings is 1. The third-order valence-electron chi connectivity index (χ3n) is 3.71. The lowest BCUT2D eigenvalue weighted by atomic mass is 9.91. The van der Waals surface area contributed by atoms with Gasteiger partial charge in [-0.05, 0) is 49.1 Å². The first-order chi connectivity index (χ1) is 8.38. The number of ether oxygens (including phenoxy) is 1. The summed E-state index contributed by atoms with van der Waals surface area (Å²) >= 11 is 0. The molecule has 0 unspecified atom stereocenters. The minimum atomic E-state index is 0.175. The van der Waals surface area contributed by atoms with Crippen LogP contribution in [0.15, 0.2) is 18.2 Å². The molecule has 3 nitrogen and oxygen atoms in total. The van der Waals surface area contributed by atoms with Gasteiger partial charge in [-0.2, -0.15) is 5.26 Å². The Balaban J connectivity index is 1.94. The van der Waals surface area contributed by atoms with Crippen molar-refractivity contribution in [3.8, 4) is 6.07 Å². The summed E-state index contributed by atoms with van der Waals surface area (Å²) in [4.78, 5) is 0. The van der Waals surface area contributed by atoms with Crippen molar-refractivity contribution >= 4 is 0 Å². The van der Waals surface area contributed by atoms with Crippen molar-refractivity contribution in [1.29, 1.82) is 5.26 Å². The van der Waals surface area contributed by atoms with Gasteiger partial charge in [-0.25, -0.2) is 0 Å². The normalized spacial score (nSPS) is 27.5. The summed E-state index contributed by atoms with van der Waals surface area (Å²) in [5.74, 6) is 0. The number of rotatable bonds is 1. The molecule has 0 radical (unpaired) electrons. The predicted octanol–water partition coefficient (Wildman–Crippen LogP) is 1.92. The highest BCUT2D eigenvalue weighted by Gasteiger charge is 2.30. The van der Waals surface area contributed by atoms with Crippen molar-refractivity contribution in [1.82, 2.24) is 5.32 Å². The summed E-state index contributed by atoms with van der Waals surface area (Å²) in [6.07, 6.45) is 3.52. The Bertz CT molecular complexity index is 458. The highest BCUT2D eigenvalue weighted by Crippen LogP contribution is 2.33. The topological polar surface area (TPSA) is 45.0 Å². The monoisotopic (exact) mass is 228 g/mol. The highest BCUT2D eigenvalue weighted by molar-refractivity contribution is 5.40. The molecule has 1 N–H and O–H groups in total. The van der Waals surface area contributed by atoms with Crippen LogP contribution in [0.2, 0.25) is 0 Å². The molecule has 1 aromatic rings. The van der Waals surface area contributed by atoms with E-state index in [-0.39, 0.29) is 6.10 Å². The second-order valence-corrected chi connectivity index (χ2v) is 4.77. The Hall–Kier alpha value is -1.37. The molecule has 0 amide bonds. The molecule has 0 spiro atoms. The van der Waals surface area contributed by atoms with Crippen LogP contribution in [0.25, 0.3) is 0 Å². The Labute approximate surface area is 101 Å². The molecular formula is C14H16N2O. The number of hydrogen-bond acceptors (Lipinski definition) is 3. The zero-order valence-corrected chi connectivity index (χ0v) is 9.78. The van der Waals surface area contributed by atoms with Crippen LogP contribution in [0.5, 0.6) is 0 Å².